The number of rotatable bonds is 9. The minimum absolute atomic E-state index is 0.415. The standard InChI is InChI=1S/C32H31N5O4/c1-32(2,3)29(31(41)35-26-12-15-34-16-13-26)36-30(40)27(18-28(38)39)37-17-14-25(20-37)24-10-8-23(9-11-24)22-6-4-21(19-33)5-7-22/h4-17,20,27,29H,18H2,1-3H3,(H,36,40)(H,38,39)(H,34,35,41). The number of carbonyl (C=O) groups excluding carboxylic acids is 2. The summed E-state index contributed by atoms with van der Waals surface area (Å²) in [5.41, 5.74) is 4.14. The number of aliphatic carboxylic acids is 1. The van der Waals surface area contributed by atoms with E-state index in [9.17, 15) is 19.5 Å². The van der Waals surface area contributed by atoms with Gasteiger partial charge in [-0.1, -0.05) is 57.2 Å². The summed E-state index contributed by atoms with van der Waals surface area (Å²) in [5, 5.41) is 24.2. The van der Waals surface area contributed by atoms with Gasteiger partial charge < -0.3 is 20.3 Å². The van der Waals surface area contributed by atoms with Crippen molar-refractivity contribution < 1.29 is 19.5 Å². The predicted molar refractivity (Wildman–Crippen MR) is 156 cm³/mol. The number of pyridine rings is 1. The Morgan fingerprint density at radius 1 is 0.878 bits per heavy atom. The van der Waals surface area contributed by atoms with Crippen LogP contribution in [0.1, 0.15) is 38.8 Å². The van der Waals surface area contributed by atoms with E-state index in [4.69, 9.17) is 5.26 Å². The van der Waals surface area contributed by atoms with Gasteiger partial charge in [0.1, 0.15) is 12.1 Å². The van der Waals surface area contributed by atoms with Crippen molar-refractivity contribution in [2.24, 2.45) is 5.41 Å². The van der Waals surface area contributed by atoms with Gasteiger partial charge in [-0.2, -0.15) is 5.26 Å². The van der Waals surface area contributed by atoms with E-state index in [1.54, 1.807) is 53.6 Å². The van der Waals surface area contributed by atoms with Crippen LogP contribution in [0.25, 0.3) is 22.3 Å². The first-order valence-electron chi connectivity index (χ1n) is 13.1. The molecule has 4 rings (SSSR count). The molecule has 0 aliphatic carbocycles. The normalized spacial score (nSPS) is 12.5. The van der Waals surface area contributed by atoms with Crippen LogP contribution in [0.4, 0.5) is 5.69 Å². The van der Waals surface area contributed by atoms with Gasteiger partial charge in [0.05, 0.1) is 18.1 Å². The summed E-state index contributed by atoms with van der Waals surface area (Å²) in [7, 11) is 0. The molecule has 0 bridgehead atoms. The zero-order chi connectivity index (χ0) is 29.6. The van der Waals surface area contributed by atoms with E-state index in [1.165, 1.54) is 0 Å². The second kappa shape index (κ2) is 12.3. The van der Waals surface area contributed by atoms with Crippen LogP contribution in [0.3, 0.4) is 0 Å². The number of aromatic nitrogens is 2. The van der Waals surface area contributed by atoms with Gasteiger partial charge in [-0.15, -0.1) is 0 Å². The number of nitrogens with one attached hydrogen (secondary N) is 2. The van der Waals surface area contributed by atoms with Crippen molar-refractivity contribution in [3.63, 3.8) is 0 Å². The first kappa shape index (κ1) is 28.8. The molecule has 0 aliphatic heterocycles. The Morgan fingerprint density at radius 2 is 1.44 bits per heavy atom. The van der Waals surface area contributed by atoms with Crippen molar-refractivity contribution in [1.82, 2.24) is 14.9 Å². The number of anilines is 1. The molecule has 2 amide bonds. The van der Waals surface area contributed by atoms with E-state index in [0.29, 0.717) is 11.3 Å². The van der Waals surface area contributed by atoms with Gasteiger partial charge in [0.25, 0.3) is 0 Å². The van der Waals surface area contributed by atoms with Crippen molar-refractivity contribution in [2.45, 2.75) is 39.3 Å². The molecule has 4 aromatic rings. The lowest BCUT2D eigenvalue weighted by molar-refractivity contribution is -0.141. The highest BCUT2D eigenvalue weighted by atomic mass is 16.4. The van der Waals surface area contributed by atoms with Crippen molar-refractivity contribution in [3.8, 4) is 28.3 Å². The topological polar surface area (TPSA) is 137 Å². The van der Waals surface area contributed by atoms with Gasteiger partial charge in [0, 0.05) is 30.5 Å². The molecule has 9 nitrogen and oxygen atoms in total. The minimum atomic E-state index is -1.14. The maximum atomic E-state index is 13.5. The Bertz CT molecular complexity index is 1560. The smallest absolute Gasteiger partial charge is 0.306 e. The summed E-state index contributed by atoms with van der Waals surface area (Å²) >= 11 is 0. The molecule has 2 heterocycles. The van der Waals surface area contributed by atoms with Crippen LogP contribution in [0.15, 0.2) is 91.5 Å². The van der Waals surface area contributed by atoms with Gasteiger partial charge in [0.2, 0.25) is 11.8 Å². The van der Waals surface area contributed by atoms with Gasteiger partial charge in [-0.25, -0.2) is 0 Å². The maximum Gasteiger partial charge on any atom is 0.306 e. The summed E-state index contributed by atoms with van der Waals surface area (Å²) in [6, 6.07) is 20.3. The molecule has 3 N–H and O–H groups in total. The Labute approximate surface area is 238 Å². The SMILES string of the molecule is CC(C)(C)C(NC(=O)C(CC(=O)O)n1ccc(-c2ccc(-c3ccc(C#N)cc3)cc2)c1)C(=O)Nc1ccncc1. The number of nitriles is 1. The van der Waals surface area contributed by atoms with Gasteiger partial charge in [-0.3, -0.25) is 19.4 Å². The quantitative estimate of drug-likeness (QED) is 0.260. The Balaban J connectivity index is 1.54. The highest BCUT2D eigenvalue weighted by Crippen LogP contribution is 2.28. The molecule has 2 aromatic carbocycles. The second-order valence-electron chi connectivity index (χ2n) is 10.8. The number of hydrogen-bond acceptors (Lipinski definition) is 5. The van der Waals surface area contributed by atoms with E-state index in [2.05, 4.69) is 21.7 Å². The van der Waals surface area contributed by atoms with Crippen molar-refractivity contribution in [3.05, 3.63) is 97.1 Å². The van der Waals surface area contributed by atoms with Crippen LogP contribution in [0.5, 0.6) is 0 Å². The monoisotopic (exact) mass is 549 g/mol. The molecule has 9 heteroatoms. The number of carbonyl (C=O) groups is 3. The van der Waals surface area contributed by atoms with Crippen molar-refractivity contribution in [1.29, 1.82) is 5.26 Å². The summed E-state index contributed by atoms with van der Waals surface area (Å²) < 4.78 is 1.56. The molecule has 0 spiro atoms. The number of benzene rings is 2. The highest BCUT2D eigenvalue weighted by Gasteiger charge is 2.35. The number of amides is 2. The number of hydrogen-bond donors (Lipinski definition) is 3. The number of carboxylic acid groups (broad SMARTS) is 1. The van der Waals surface area contributed by atoms with E-state index in [0.717, 1.165) is 22.3 Å². The largest absolute Gasteiger partial charge is 0.481 e. The van der Waals surface area contributed by atoms with Crippen LogP contribution >= 0.6 is 0 Å². The molecule has 2 aromatic heterocycles. The summed E-state index contributed by atoms with van der Waals surface area (Å²) in [4.78, 5) is 42.3. The molecule has 41 heavy (non-hydrogen) atoms. The number of nitrogens with zero attached hydrogens (tertiary/aromatic N) is 3. The van der Waals surface area contributed by atoms with Crippen LogP contribution in [0, 0.1) is 16.7 Å². The molecular formula is C32H31N5O4. The molecule has 0 saturated carbocycles. The van der Waals surface area contributed by atoms with Crippen LogP contribution < -0.4 is 10.6 Å². The van der Waals surface area contributed by atoms with Crippen LogP contribution in [-0.4, -0.2) is 38.5 Å². The second-order valence-corrected chi connectivity index (χ2v) is 10.8. The summed E-state index contributed by atoms with van der Waals surface area (Å²) in [5.74, 6) is -2.13. The third-order valence-electron chi connectivity index (χ3n) is 6.67. The molecule has 0 fully saturated rings. The molecule has 0 saturated heterocycles. The molecule has 208 valence electrons. The minimum Gasteiger partial charge on any atom is -0.481 e. The van der Waals surface area contributed by atoms with Gasteiger partial charge >= 0.3 is 5.97 Å². The molecule has 0 radical (unpaired) electrons. The first-order valence-corrected chi connectivity index (χ1v) is 13.1. The fraction of sp³-hybridized carbons (Fsp3) is 0.219. The lowest BCUT2D eigenvalue weighted by Crippen LogP contribution is -2.53. The van der Waals surface area contributed by atoms with Gasteiger partial charge in [0.15, 0.2) is 0 Å². The molecule has 2 unspecified atom stereocenters. The summed E-state index contributed by atoms with van der Waals surface area (Å²) in [6.07, 6.45) is 6.04. The van der Waals surface area contributed by atoms with E-state index < -0.39 is 41.7 Å². The third-order valence-corrected chi connectivity index (χ3v) is 6.67. The Morgan fingerprint density at radius 3 is 1.98 bits per heavy atom. The molecular weight excluding hydrogens is 518 g/mol. The molecule has 0 aliphatic rings. The Kier molecular flexibility index (Phi) is 8.63. The molecule has 2 atom stereocenters. The fourth-order valence-corrected chi connectivity index (χ4v) is 4.43. The first-order chi connectivity index (χ1) is 19.5. The lowest BCUT2D eigenvalue weighted by Gasteiger charge is -2.31. The van der Waals surface area contributed by atoms with E-state index in [-0.39, 0.29) is 0 Å². The van der Waals surface area contributed by atoms with Crippen LogP contribution in [0.2, 0.25) is 0 Å². The number of carboxylic acids is 1. The predicted octanol–water partition coefficient (Wildman–Crippen LogP) is 5.27. The zero-order valence-electron chi connectivity index (χ0n) is 23.0. The summed E-state index contributed by atoms with van der Waals surface area (Å²) in [6.45, 7) is 5.47. The van der Waals surface area contributed by atoms with E-state index in [1.807, 2.05) is 63.2 Å². The Hall–Kier alpha value is -5.23. The van der Waals surface area contributed by atoms with Gasteiger partial charge in [-0.05, 0) is 58.0 Å². The van der Waals surface area contributed by atoms with Crippen molar-refractivity contribution >= 4 is 23.5 Å². The highest BCUT2D eigenvalue weighted by molar-refractivity contribution is 5.98. The average Bonchev–Trinajstić information content (AvgIpc) is 3.44. The van der Waals surface area contributed by atoms with E-state index >= 15 is 0 Å². The van der Waals surface area contributed by atoms with Crippen LogP contribution in [-0.2, 0) is 14.4 Å². The third kappa shape index (κ3) is 7.25. The fourth-order valence-electron chi connectivity index (χ4n) is 4.43. The lowest BCUT2D eigenvalue weighted by atomic mass is 9.85. The zero-order valence-corrected chi connectivity index (χ0v) is 23.0. The maximum absolute atomic E-state index is 13.5. The average molecular weight is 550 g/mol. The van der Waals surface area contributed by atoms with Crippen molar-refractivity contribution in [2.75, 3.05) is 5.32 Å².